The number of likely N-dealkylation sites (tertiary alicyclic amines) is 1. The van der Waals surface area contributed by atoms with Gasteiger partial charge in [-0.2, -0.15) is 0 Å². The third-order valence-electron chi connectivity index (χ3n) is 5.19. The van der Waals surface area contributed by atoms with Gasteiger partial charge in [-0.1, -0.05) is 12.1 Å². The molecule has 0 bridgehead atoms. The van der Waals surface area contributed by atoms with Crippen molar-refractivity contribution in [3.8, 4) is 0 Å². The number of hydrogen-bond donors (Lipinski definition) is 0. The lowest BCUT2D eigenvalue weighted by Crippen LogP contribution is -2.40. The molecule has 1 saturated heterocycles. The summed E-state index contributed by atoms with van der Waals surface area (Å²) >= 11 is 0. The molecule has 2 aromatic rings. The first-order valence-electron chi connectivity index (χ1n) is 9.12. The lowest BCUT2D eigenvalue weighted by molar-refractivity contribution is -0.134. The summed E-state index contributed by atoms with van der Waals surface area (Å²) in [5.74, 6) is 1.46. The second-order valence-electron chi connectivity index (χ2n) is 7.19. The molecule has 4 rings (SSSR count). The first kappa shape index (κ1) is 16.2. The van der Waals surface area contributed by atoms with Crippen molar-refractivity contribution >= 4 is 5.91 Å². The van der Waals surface area contributed by atoms with Gasteiger partial charge in [-0.25, -0.2) is 4.39 Å². The van der Waals surface area contributed by atoms with Crippen LogP contribution in [0.1, 0.15) is 49.5 Å². The van der Waals surface area contributed by atoms with Crippen LogP contribution >= 0.6 is 0 Å². The summed E-state index contributed by atoms with van der Waals surface area (Å²) in [5.41, 5.74) is 0.843. The largest absolute Gasteiger partial charge is 0.332 e. The molecule has 0 N–H and O–H groups in total. The maximum atomic E-state index is 13.1. The van der Waals surface area contributed by atoms with Gasteiger partial charge in [-0.05, 0) is 55.7 Å². The fourth-order valence-electron chi connectivity index (χ4n) is 3.62. The average Bonchev–Trinajstić information content (AvgIpc) is 3.32. The molecule has 2 fully saturated rings. The van der Waals surface area contributed by atoms with E-state index in [4.69, 9.17) is 0 Å². The van der Waals surface area contributed by atoms with Crippen LogP contribution in [0.4, 0.5) is 4.39 Å². The number of benzene rings is 1. The highest BCUT2D eigenvalue weighted by Crippen LogP contribution is 2.34. The Morgan fingerprint density at radius 1 is 1.16 bits per heavy atom. The topological polar surface area (TPSA) is 51.0 Å². The molecule has 1 atom stereocenters. The van der Waals surface area contributed by atoms with E-state index < -0.39 is 0 Å². The third-order valence-corrected chi connectivity index (χ3v) is 5.19. The van der Waals surface area contributed by atoms with Crippen LogP contribution in [-0.2, 0) is 17.8 Å². The number of carbonyl (C=O) groups is 1. The third kappa shape index (κ3) is 3.72. The van der Waals surface area contributed by atoms with Gasteiger partial charge in [0.25, 0.3) is 0 Å². The molecule has 1 aliphatic heterocycles. The normalized spacial score (nSPS) is 20.7. The van der Waals surface area contributed by atoms with Crippen molar-refractivity contribution in [2.24, 2.45) is 5.92 Å². The maximum absolute atomic E-state index is 13.1. The summed E-state index contributed by atoms with van der Waals surface area (Å²) < 4.78 is 15.2. The van der Waals surface area contributed by atoms with Gasteiger partial charge >= 0.3 is 0 Å². The minimum absolute atomic E-state index is 0.00273. The molecule has 1 saturated carbocycles. The highest BCUT2D eigenvalue weighted by molar-refractivity contribution is 5.79. The van der Waals surface area contributed by atoms with Gasteiger partial charge < -0.3 is 9.47 Å². The number of amides is 1. The summed E-state index contributed by atoms with van der Waals surface area (Å²) in [6.07, 6.45) is 7.69. The van der Waals surface area contributed by atoms with Gasteiger partial charge in [0, 0.05) is 13.1 Å². The first-order valence-corrected chi connectivity index (χ1v) is 9.12. The van der Waals surface area contributed by atoms with E-state index >= 15 is 0 Å². The second-order valence-corrected chi connectivity index (χ2v) is 7.19. The molecule has 0 unspecified atom stereocenters. The van der Waals surface area contributed by atoms with Crippen LogP contribution in [0.25, 0.3) is 0 Å². The Morgan fingerprint density at radius 3 is 2.72 bits per heavy atom. The Labute approximate surface area is 146 Å². The number of carbonyl (C=O) groups excluding carboxylic acids is 1. The number of hydrogen-bond acceptors (Lipinski definition) is 3. The quantitative estimate of drug-likeness (QED) is 0.839. The molecular formula is C19H23FN4O. The fourth-order valence-corrected chi connectivity index (χ4v) is 3.62. The summed E-state index contributed by atoms with van der Waals surface area (Å²) in [6.45, 7) is 1.71. The fraction of sp³-hybridized carbons (Fsp3) is 0.526. The Morgan fingerprint density at radius 2 is 1.96 bits per heavy atom. The van der Waals surface area contributed by atoms with Gasteiger partial charge in [-0.3, -0.25) is 4.79 Å². The molecule has 1 aliphatic carbocycles. The zero-order valence-electron chi connectivity index (χ0n) is 14.3. The number of halogens is 1. The molecule has 2 heterocycles. The Hall–Kier alpha value is -2.24. The van der Waals surface area contributed by atoms with Crippen LogP contribution in [0.2, 0.25) is 0 Å². The molecular weight excluding hydrogens is 319 g/mol. The SMILES string of the molecule is O=C(Cc1ccc(F)cc1)N1CCCC[C@@H]1c1nncn1CC1CC1. The number of aromatic nitrogens is 3. The van der Waals surface area contributed by atoms with E-state index in [1.54, 1.807) is 18.5 Å². The summed E-state index contributed by atoms with van der Waals surface area (Å²) in [5, 5.41) is 8.44. The number of piperidine rings is 1. The van der Waals surface area contributed by atoms with Gasteiger partial charge in [0.15, 0.2) is 5.82 Å². The van der Waals surface area contributed by atoms with Crippen molar-refractivity contribution in [3.05, 3.63) is 47.8 Å². The summed E-state index contributed by atoms with van der Waals surface area (Å²) in [6, 6.07) is 6.18. The molecule has 25 heavy (non-hydrogen) atoms. The molecule has 0 spiro atoms. The van der Waals surface area contributed by atoms with Crippen LogP contribution < -0.4 is 0 Å². The van der Waals surface area contributed by atoms with E-state index in [1.165, 1.54) is 25.0 Å². The molecule has 2 aliphatic rings. The van der Waals surface area contributed by atoms with Crippen molar-refractivity contribution < 1.29 is 9.18 Å². The highest BCUT2D eigenvalue weighted by Gasteiger charge is 2.32. The highest BCUT2D eigenvalue weighted by atomic mass is 19.1. The van der Waals surface area contributed by atoms with Crippen molar-refractivity contribution in [3.63, 3.8) is 0 Å². The predicted octanol–water partition coefficient (Wildman–Crippen LogP) is 3.12. The van der Waals surface area contributed by atoms with Crippen molar-refractivity contribution in [1.29, 1.82) is 0 Å². The van der Waals surface area contributed by atoms with E-state index in [2.05, 4.69) is 14.8 Å². The van der Waals surface area contributed by atoms with Crippen molar-refractivity contribution in [2.45, 2.75) is 51.1 Å². The minimum Gasteiger partial charge on any atom is -0.332 e. The zero-order chi connectivity index (χ0) is 17.2. The van der Waals surface area contributed by atoms with Crippen molar-refractivity contribution in [2.75, 3.05) is 6.54 Å². The van der Waals surface area contributed by atoms with Gasteiger partial charge in [0.1, 0.15) is 12.1 Å². The average molecular weight is 342 g/mol. The molecule has 1 aromatic carbocycles. The zero-order valence-corrected chi connectivity index (χ0v) is 14.3. The van der Waals surface area contributed by atoms with E-state index in [0.29, 0.717) is 6.42 Å². The second kappa shape index (κ2) is 6.94. The number of rotatable bonds is 5. The lowest BCUT2D eigenvalue weighted by Gasteiger charge is -2.35. The Bertz CT molecular complexity index is 738. The van der Waals surface area contributed by atoms with Gasteiger partial charge in [0.05, 0.1) is 12.5 Å². The predicted molar refractivity (Wildman–Crippen MR) is 91.2 cm³/mol. The van der Waals surface area contributed by atoms with Crippen LogP contribution in [0.3, 0.4) is 0 Å². The summed E-state index contributed by atoms with van der Waals surface area (Å²) in [4.78, 5) is 14.8. The van der Waals surface area contributed by atoms with Crippen LogP contribution in [0.5, 0.6) is 0 Å². The van der Waals surface area contributed by atoms with E-state index in [9.17, 15) is 9.18 Å². The lowest BCUT2D eigenvalue weighted by atomic mass is 10.00. The monoisotopic (exact) mass is 342 g/mol. The molecule has 0 radical (unpaired) electrons. The molecule has 1 aromatic heterocycles. The van der Waals surface area contributed by atoms with Crippen LogP contribution in [-0.4, -0.2) is 32.1 Å². The molecule has 1 amide bonds. The van der Waals surface area contributed by atoms with E-state index in [0.717, 1.165) is 49.7 Å². The van der Waals surface area contributed by atoms with Gasteiger partial charge in [-0.15, -0.1) is 10.2 Å². The summed E-state index contributed by atoms with van der Waals surface area (Å²) in [7, 11) is 0. The Kier molecular flexibility index (Phi) is 4.51. The molecule has 132 valence electrons. The molecule has 5 nitrogen and oxygen atoms in total. The van der Waals surface area contributed by atoms with E-state index in [1.807, 2.05) is 4.90 Å². The standard InChI is InChI=1S/C19H23FN4O/c20-16-8-6-14(7-9-16)11-18(25)24-10-2-1-3-17(24)19-22-21-13-23(19)12-15-4-5-15/h6-9,13,15,17H,1-5,10-12H2/t17-/m1/s1. The van der Waals surface area contributed by atoms with Crippen LogP contribution in [0.15, 0.2) is 30.6 Å². The first-order chi connectivity index (χ1) is 12.2. The van der Waals surface area contributed by atoms with Crippen LogP contribution in [0, 0.1) is 11.7 Å². The number of nitrogens with zero attached hydrogens (tertiary/aromatic N) is 4. The smallest absolute Gasteiger partial charge is 0.227 e. The Balaban J connectivity index is 1.51. The maximum Gasteiger partial charge on any atom is 0.227 e. The minimum atomic E-state index is -0.278. The van der Waals surface area contributed by atoms with E-state index in [-0.39, 0.29) is 17.8 Å². The van der Waals surface area contributed by atoms with Gasteiger partial charge in [0.2, 0.25) is 5.91 Å². The van der Waals surface area contributed by atoms with Crippen molar-refractivity contribution in [1.82, 2.24) is 19.7 Å². The molecule has 6 heteroatoms.